The molecule has 5 rings (SSSR count). The van der Waals surface area contributed by atoms with Gasteiger partial charge in [-0.1, -0.05) is 6.07 Å². The number of nitrogens with one attached hydrogen (secondary N) is 1. The van der Waals surface area contributed by atoms with Crippen LogP contribution in [0, 0.1) is 0 Å². The molecule has 0 radical (unpaired) electrons. The van der Waals surface area contributed by atoms with Gasteiger partial charge in [-0.25, -0.2) is 4.79 Å². The predicted octanol–water partition coefficient (Wildman–Crippen LogP) is -4.26. The van der Waals surface area contributed by atoms with E-state index in [9.17, 15) is 28.8 Å². The Hall–Kier alpha value is -1.68. The molecule has 0 saturated carbocycles. The van der Waals surface area contributed by atoms with E-state index in [1.165, 1.54) is 0 Å². The van der Waals surface area contributed by atoms with Gasteiger partial charge in [0, 0.05) is 48.2 Å². The number of benzene rings is 1. The van der Waals surface area contributed by atoms with E-state index in [4.69, 9.17) is 24.4 Å². The van der Waals surface area contributed by atoms with Crippen LogP contribution in [0.5, 0.6) is 5.75 Å². The van der Waals surface area contributed by atoms with E-state index in [1.54, 1.807) is 24.5 Å². The number of hydrogen-bond donors (Lipinski definition) is 4. The van der Waals surface area contributed by atoms with E-state index in [1.807, 2.05) is 35.0 Å². The van der Waals surface area contributed by atoms with Crippen LogP contribution in [0.2, 0.25) is 0 Å². The van der Waals surface area contributed by atoms with Crippen molar-refractivity contribution in [3.63, 3.8) is 0 Å². The molecule has 1 aromatic carbocycles. The normalized spacial score (nSPS) is 16.1. The van der Waals surface area contributed by atoms with Gasteiger partial charge in [0.1, 0.15) is 24.7 Å². The van der Waals surface area contributed by atoms with Crippen molar-refractivity contribution in [2.24, 2.45) is 0 Å². The summed E-state index contributed by atoms with van der Waals surface area (Å²) in [7, 11) is -11.7. The van der Waals surface area contributed by atoms with Gasteiger partial charge in [-0.05, 0) is 61.6 Å². The molecule has 19 heteroatoms. The SMILES string of the molecule is O=C(NCCCC(O)(P(=O)([O-])O)P(=O)([O-])O)OCCOc1ccc2c(-c3c(-c4ccccn4)nn4c3CCC4)ccnc2c1.[Na+].[Na+]. The molecule has 234 valence electrons. The minimum atomic E-state index is -5.87. The maximum atomic E-state index is 11.9. The zero-order valence-corrected chi connectivity index (χ0v) is 31.0. The Morgan fingerprint density at radius 1 is 1.04 bits per heavy atom. The Morgan fingerprint density at radius 2 is 1.80 bits per heavy atom. The molecule has 2 unspecified atom stereocenters. The molecule has 0 bridgehead atoms. The average molecular weight is 691 g/mol. The summed E-state index contributed by atoms with van der Waals surface area (Å²) in [5.41, 5.74) is 5.47. The minimum Gasteiger partial charge on any atom is -0.776 e. The number of amides is 1. The molecule has 4 N–H and O–H groups in total. The molecule has 1 aliphatic rings. The number of carbonyl (C=O) groups excluding carboxylic acids is 1. The number of ether oxygens (including phenoxy) is 2. The van der Waals surface area contributed by atoms with Gasteiger partial charge in [0.2, 0.25) is 0 Å². The molecular formula is C27H29N5Na2O10P2. The number of fused-ring (bicyclic) bond motifs is 2. The third kappa shape index (κ3) is 8.48. The molecular weight excluding hydrogens is 662 g/mol. The first kappa shape index (κ1) is 38.8. The van der Waals surface area contributed by atoms with Gasteiger partial charge in [0.25, 0.3) is 0 Å². The maximum absolute atomic E-state index is 11.9. The zero-order valence-electron chi connectivity index (χ0n) is 25.2. The summed E-state index contributed by atoms with van der Waals surface area (Å²) in [5, 5.41) is 14.0. The summed E-state index contributed by atoms with van der Waals surface area (Å²) in [6.45, 7) is 0.370. The average Bonchev–Trinajstić information content (AvgIpc) is 3.58. The second-order valence-corrected chi connectivity index (χ2v) is 14.0. The van der Waals surface area contributed by atoms with Crippen molar-refractivity contribution in [2.45, 2.75) is 37.3 Å². The van der Waals surface area contributed by atoms with E-state index in [0.717, 1.165) is 53.0 Å². The summed E-state index contributed by atoms with van der Waals surface area (Å²) in [6, 6.07) is 13.2. The van der Waals surface area contributed by atoms with Gasteiger partial charge in [-0.2, -0.15) is 5.10 Å². The zero-order chi connectivity index (χ0) is 31.5. The van der Waals surface area contributed by atoms with E-state index in [-0.39, 0.29) is 78.9 Å². The van der Waals surface area contributed by atoms with Crippen molar-refractivity contribution in [1.82, 2.24) is 25.1 Å². The number of rotatable bonds is 12. The fourth-order valence-corrected chi connectivity index (χ4v) is 7.20. The molecule has 46 heavy (non-hydrogen) atoms. The fraction of sp³-hybridized carbons (Fsp3) is 0.333. The Balaban J connectivity index is 0.00000288. The molecule has 4 aromatic rings. The van der Waals surface area contributed by atoms with E-state index in [2.05, 4.69) is 15.3 Å². The third-order valence-electron chi connectivity index (χ3n) is 7.18. The molecule has 4 heterocycles. The van der Waals surface area contributed by atoms with Crippen LogP contribution in [0.3, 0.4) is 0 Å². The number of alkyl carbamates (subject to hydrolysis) is 1. The van der Waals surface area contributed by atoms with E-state index >= 15 is 0 Å². The van der Waals surface area contributed by atoms with Gasteiger partial charge in [-0.3, -0.25) is 14.6 Å². The number of nitrogens with zero attached hydrogens (tertiary/aromatic N) is 4. The molecule has 2 atom stereocenters. The van der Waals surface area contributed by atoms with E-state index in [0.29, 0.717) is 11.3 Å². The van der Waals surface area contributed by atoms with Crippen LogP contribution in [0.25, 0.3) is 33.4 Å². The van der Waals surface area contributed by atoms with Gasteiger partial charge < -0.3 is 48.6 Å². The standard InChI is InChI=1S/C27H31N5O10P2.2Na/c33-26(30-12-4-10-27(34,43(35,36)37)44(38,39)40)42-16-15-41-18-7-8-19-20(9-13-29-22(19)17-18)24-23-6-3-14-32(23)31-25(24)21-5-1-2-11-28-21;;/h1-2,5,7-9,11,13,17,34H,3-4,6,10,12,14-16H2,(H,30,33)(H2,35,36,37)(H2,38,39,40);;/q;2*+1/p-2. The molecule has 15 nitrogen and oxygen atoms in total. The Labute approximate surface area is 308 Å². The van der Waals surface area contributed by atoms with Gasteiger partial charge in [0.15, 0.2) is 20.3 Å². The second kappa shape index (κ2) is 16.1. The molecule has 0 fully saturated rings. The number of aryl methyl sites for hydroxylation is 1. The summed E-state index contributed by atoms with van der Waals surface area (Å²) in [4.78, 5) is 61.4. The molecule has 1 aliphatic heterocycles. The number of aliphatic hydroxyl groups is 1. The smallest absolute Gasteiger partial charge is 0.776 e. The first-order valence-electron chi connectivity index (χ1n) is 13.6. The second-order valence-electron chi connectivity index (χ2n) is 10.1. The van der Waals surface area contributed by atoms with Crippen LogP contribution >= 0.6 is 15.2 Å². The van der Waals surface area contributed by atoms with Crippen molar-refractivity contribution < 1.29 is 107 Å². The number of hydrogen-bond acceptors (Lipinski definition) is 11. The Bertz CT molecular complexity index is 1740. The van der Waals surface area contributed by atoms with Gasteiger partial charge >= 0.3 is 65.2 Å². The number of carbonyl (C=O) groups is 1. The first-order chi connectivity index (χ1) is 20.9. The summed E-state index contributed by atoms with van der Waals surface area (Å²) in [5.74, 6) is 0.493. The van der Waals surface area contributed by atoms with Crippen LogP contribution < -0.4 is 79.0 Å². The summed E-state index contributed by atoms with van der Waals surface area (Å²) in [6.07, 6.45) is 2.99. The third-order valence-corrected chi connectivity index (χ3v) is 11.0. The van der Waals surface area contributed by atoms with Gasteiger partial charge in [-0.15, -0.1) is 0 Å². The van der Waals surface area contributed by atoms with Crippen LogP contribution in [-0.4, -0.2) is 65.6 Å². The van der Waals surface area contributed by atoms with Crippen molar-refractivity contribution in [3.05, 3.63) is 60.6 Å². The van der Waals surface area contributed by atoms with Crippen molar-refractivity contribution >= 4 is 32.2 Å². The Kier molecular flexibility index (Phi) is 13.6. The monoisotopic (exact) mass is 691 g/mol. The van der Waals surface area contributed by atoms with Gasteiger partial charge in [0.05, 0.1) is 11.2 Å². The minimum absolute atomic E-state index is 0. The molecule has 0 spiro atoms. The topological polar surface area (TPSA) is 232 Å². The summed E-state index contributed by atoms with van der Waals surface area (Å²) >= 11 is 0. The number of pyridine rings is 2. The largest absolute Gasteiger partial charge is 1.00 e. The number of aromatic nitrogens is 4. The van der Waals surface area contributed by atoms with E-state index < -0.39 is 39.2 Å². The fourth-order valence-electron chi connectivity index (χ4n) is 5.04. The predicted molar refractivity (Wildman–Crippen MR) is 153 cm³/mol. The Morgan fingerprint density at radius 3 is 2.50 bits per heavy atom. The molecule has 1 amide bonds. The van der Waals surface area contributed by atoms with Crippen LogP contribution in [0.15, 0.2) is 54.9 Å². The first-order valence-corrected chi connectivity index (χ1v) is 16.8. The van der Waals surface area contributed by atoms with Crippen molar-refractivity contribution in [2.75, 3.05) is 19.8 Å². The quantitative estimate of drug-likeness (QED) is 0.0627. The summed E-state index contributed by atoms with van der Waals surface area (Å²) < 4.78 is 35.2. The van der Waals surface area contributed by atoms with Crippen molar-refractivity contribution in [3.8, 4) is 28.3 Å². The van der Waals surface area contributed by atoms with Crippen LogP contribution in [0.1, 0.15) is 25.0 Å². The van der Waals surface area contributed by atoms with Crippen LogP contribution in [0.4, 0.5) is 4.79 Å². The molecule has 0 saturated heterocycles. The molecule has 3 aromatic heterocycles. The molecule has 0 aliphatic carbocycles. The maximum Gasteiger partial charge on any atom is 1.00 e. The van der Waals surface area contributed by atoms with Crippen LogP contribution in [-0.2, 0) is 26.8 Å². The van der Waals surface area contributed by atoms with Crippen molar-refractivity contribution in [1.29, 1.82) is 0 Å².